The average Bonchev–Trinajstić information content (AvgIpc) is 2.87. The van der Waals surface area contributed by atoms with Crippen LogP contribution in [0.2, 0.25) is 0 Å². The lowest BCUT2D eigenvalue weighted by Gasteiger charge is -2.29. The van der Waals surface area contributed by atoms with Crippen LogP contribution in [0, 0.1) is 0 Å². The molecule has 0 radical (unpaired) electrons. The van der Waals surface area contributed by atoms with Gasteiger partial charge in [-0.1, -0.05) is 12.2 Å². The molecule has 2 heterocycles. The maximum atomic E-state index is 6.12. The molecule has 1 aliphatic heterocycles. The molecule has 1 aromatic heterocycles. The van der Waals surface area contributed by atoms with E-state index in [1.54, 1.807) is 0 Å². The van der Waals surface area contributed by atoms with Crippen molar-refractivity contribution in [2.45, 2.75) is 38.2 Å². The fourth-order valence-corrected chi connectivity index (χ4v) is 3.13. The molecule has 4 nitrogen and oxygen atoms in total. The number of nitrogens with zero attached hydrogens (tertiary/aromatic N) is 2. The number of hydrogen-bond donors (Lipinski definition) is 1. The van der Waals surface area contributed by atoms with Crippen LogP contribution in [0.1, 0.15) is 36.1 Å². The summed E-state index contributed by atoms with van der Waals surface area (Å²) < 4.78 is 6.12. The summed E-state index contributed by atoms with van der Waals surface area (Å²) in [6.07, 6.45) is 5.57. The molecule has 0 spiro atoms. The molecule has 0 aromatic carbocycles. The third-order valence-electron chi connectivity index (χ3n) is 4.23. The van der Waals surface area contributed by atoms with E-state index in [4.69, 9.17) is 22.7 Å². The molecule has 2 aliphatic rings. The van der Waals surface area contributed by atoms with Crippen molar-refractivity contribution in [2.75, 3.05) is 20.1 Å². The van der Waals surface area contributed by atoms with Crippen molar-refractivity contribution in [1.29, 1.82) is 0 Å². The zero-order valence-corrected chi connectivity index (χ0v) is 12.7. The molecule has 1 aliphatic carbocycles. The van der Waals surface area contributed by atoms with Gasteiger partial charge in [-0.25, -0.2) is 4.98 Å². The van der Waals surface area contributed by atoms with Gasteiger partial charge < -0.3 is 15.4 Å². The van der Waals surface area contributed by atoms with Crippen molar-refractivity contribution in [1.82, 2.24) is 9.88 Å². The number of piperidine rings is 1. The number of rotatable bonds is 3. The fourth-order valence-electron chi connectivity index (χ4n) is 2.98. The van der Waals surface area contributed by atoms with Gasteiger partial charge in [-0.3, -0.25) is 0 Å². The van der Waals surface area contributed by atoms with E-state index in [-0.39, 0.29) is 6.10 Å². The number of ether oxygens (including phenoxy) is 1. The largest absolute Gasteiger partial charge is 0.474 e. The van der Waals surface area contributed by atoms with Crippen molar-refractivity contribution in [3.05, 3.63) is 22.9 Å². The minimum absolute atomic E-state index is 0.228. The van der Waals surface area contributed by atoms with Crippen LogP contribution in [0.5, 0.6) is 5.88 Å². The van der Waals surface area contributed by atoms with Gasteiger partial charge in [0.2, 0.25) is 5.88 Å². The minimum atomic E-state index is 0.228. The Morgan fingerprint density at radius 1 is 1.40 bits per heavy atom. The molecule has 1 fully saturated rings. The number of thiocarbonyl (C=S) groups is 1. The normalized spacial score (nSPS) is 19.9. The molecule has 1 saturated heterocycles. The molecular weight excluding hydrogens is 270 g/mol. The highest BCUT2D eigenvalue weighted by atomic mass is 32.1. The third kappa shape index (κ3) is 2.79. The third-order valence-corrected chi connectivity index (χ3v) is 4.45. The lowest BCUT2D eigenvalue weighted by Crippen LogP contribution is -2.36. The van der Waals surface area contributed by atoms with E-state index in [0.717, 1.165) is 56.5 Å². The van der Waals surface area contributed by atoms with Crippen LogP contribution >= 0.6 is 12.2 Å². The highest BCUT2D eigenvalue weighted by Gasteiger charge is 2.23. The number of hydrogen-bond acceptors (Lipinski definition) is 4. The predicted molar refractivity (Wildman–Crippen MR) is 83.3 cm³/mol. The summed E-state index contributed by atoms with van der Waals surface area (Å²) in [7, 11) is 2.14. The molecule has 108 valence electrons. The molecule has 0 bridgehead atoms. The van der Waals surface area contributed by atoms with Gasteiger partial charge in [-0.2, -0.15) is 0 Å². The Kier molecular flexibility index (Phi) is 3.89. The van der Waals surface area contributed by atoms with Crippen molar-refractivity contribution >= 4 is 17.2 Å². The van der Waals surface area contributed by atoms with Gasteiger partial charge in [0, 0.05) is 18.8 Å². The summed E-state index contributed by atoms with van der Waals surface area (Å²) in [5.41, 5.74) is 9.09. The van der Waals surface area contributed by atoms with E-state index in [1.165, 1.54) is 5.56 Å². The van der Waals surface area contributed by atoms with E-state index in [9.17, 15) is 0 Å². The monoisotopic (exact) mass is 291 g/mol. The number of likely N-dealkylation sites (tertiary alicyclic amines) is 1. The summed E-state index contributed by atoms with van der Waals surface area (Å²) >= 11 is 5.16. The first-order chi connectivity index (χ1) is 9.63. The maximum absolute atomic E-state index is 6.12. The van der Waals surface area contributed by atoms with Gasteiger partial charge in [-0.15, -0.1) is 0 Å². The number of aromatic nitrogens is 1. The minimum Gasteiger partial charge on any atom is -0.474 e. The highest BCUT2D eigenvalue weighted by molar-refractivity contribution is 7.80. The van der Waals surface area contributed by atoms with E-state index in [0.29, 0.717) is 10.9 Å². The standard InChI is InChI=1S/C15H21N3OS/c1-18-7-5-11(6-8-18)19-15-12(14(16)20)9-10-3-2-4-13(10)17-15/h9,11H,2-8H2,1H3,(H2,16,20). The van der Waals surface area contributed by atoms with E-state index >= 15 is 0 Å². The van der Waals surface area contributed by atoms with E-state index < -0.39 is 0 Å². The lowest BCUT2D eigenvalue weighted by molar-refractivity contribution is 0.109. The van der Waals surface area contributed by atoms with Crippen LogP contribution in [-0.2, 0) is 12.8 Å². The van der Waals surface area contributed by atoms with E-state index in [2.05, 4.69) is 23.0 Å². The summed E-state index contributed by atoms with van der Waals surface area (Å²) in [6.45, 7) is 2.13. The first kappa shape index (κ1) is 13.8. The molecule has 5 heteroatoms. The molecule has 0 amide bonds. The number of aryl methyl sites for hydroxylation is 2. The molecule has 0 saturated carbocycles. The first-order valence-electron chi connectivity index (χ1n) is 7.31. The van der Waals surface area contributed by atoms with Gasteiger partial charge in [0.1, 0.15) is 11.1 Å². The number of pyridine rings is 1. The maximum Gasteiger partial charge on any atom is 0.224 e. The first-order valence-corrected chi connectivity index (χ1v) is 7.72. The second-order valence-corrected chi connectivity index (χ2v) is 6.23. The van der Waals surface area contributed by atoms with Crippen molar-refractivity contribution in [3.8, 4) is 5.88 Å². The summed E-state index contributed by atoms with van der Waals surface area (Å²) in [5, 5.41) is 0. The van der Waals surface area contributed by atoms with Crippen LogP contribution < -0.4 is 10.5 Å². The zero-order chi connectivity index (χ0) is 14.1. The molecule has 0 unspecified atom stereocenters. The van der Waals surface area contributed by atoms with Crippen molar-refractivity contribution in [2.24, 2.45) is 5.73 Å². The van der Waals surface area contributed by atoms with Gasteiger partial charge in [0.05, 0.1) is 5.56 Å². The summed E-state index contributed by atoms with van der Waals surface area (Å²) in [5.74, 6) is 0.646. The Morgan fingerprint density at radius 3 is 2.85 bits per heavy atom. The number of nitrogens with two attached hydrogens (primary N) is 1. The van der Waals surface area contributed by atoms with E-state index in [1.807, 2.05) is 0 Å². The predicted octanol–water partition coefficient (Wildman–Crippen LogP) is 1.68. The smallest absolute Gasteiger partial charge is 0.224 e. The fraction of sp³-hybridized carbons (Fsp3) is 0.600. The Balaban J connectivity index is 1.82. The lowest BCUT2D eigenvalue weighted by atomic mass is 10.1. The molecule has 1 aromatic rings. The second kappa shape index (κ2) is 5.66. The van der Waals surface area contributed by atoms with Gasteiger partial charge in [0.25, 0.3) is 0 Å². The Bertz CT molecular complexity index is 524. The summed E-state index contributed by atoms with van der Waals surface area (Å²) in [6, 6.07) is 2.09. The summed E-state index contributed by atoms with van der Waals surface area (Å²) in [4.78, 5) is 7.39. The molecule has 0 atom stereocenters. The van der Waals surface area contributed by atoms with Crippen LogP contribution in [0.15, 0.2) is 6.07 Å². The number of fused-ring (bicyclic) bond motifs is 1. The Hall–Kier alpha value is -1.20. The van der Waals surface area contributed by atoms with Gasteiger partial charge in [0.15, 0.2) is 0 Å². The SMILES string of the molecule is CN1CCC(Oc2nc3c(cc2C(N)=S)CCC3)CC1. The zero-order valence-electron chi connectivity index (χ0n) is 11.9. The van der Waals surface area contributed by atoms with Crippen LogP contribution in [0.25, 0.3) is 0 Å². The topological polar surface area (TPSA) is 51.4 Å². The van der Waals surface area contributed by atoms with Gasteiger partial charge in [-0.05, 0) is 50.8 Å². The van der Waals surface area contributed by atoms with Crippen molar-refractivity contribution < 1.29 is 4.74 Å². The molecule has 20 heavy (non-hydrogen) atoms. The van der Waals surface area contributed by atoms with Crippen LogP contribution in [0.3, 0.4) is 0 Å². The van der Waals surface area contributed by atoms with Gasteiger partial charge >= 0.3 is 0 Å². The van der Waals surface area contributed by atoms with Crippen LogP contribution in [-0.4, -0.2) is 41.1 Å². The molecule has 3 rings (SSSR count). The molecule has 2 N–H and O–H groups in total. The van der Waals surface area contributed by atoms with Crippen LogP contribution in [0.4, 0.5) is 0 Å². The Morgan fingerprint density at radius 2 is 2.15 bits per heavy atom. The second-order valence-electron chi connectivity index (χ2n) is 5.79. The Labute approximate surface area is 125 Å². The highest BCUT2D eigenvalue weighted by Crippen LogP contribution is 2.28. The van der Waals surface area contributed by atoms with Crippen molar-refractivity contribution in [3.63, 3.8) is 0 Å². The molecular formula is C15H21N3OS. The average molecular weight is 291 g/mol. The quantitative estimate of drug-likeness (QED) is 0.859.